The molecule has 29 heavy (non-hydrogen) atoms. The van der Waals surface area contributed by atoms with E-state index in [0.29, 0.717) is 0 Å². The standard InChI is InChI=1S/C24H29N5/c1-3-28-13-15-29(16-14-28)23-17-22(25-18-20-11-9-19(2)10-12-20)26-24(27-23)21-7-5-4-6-8-21/h4-12,17H,3,13-16,18H2,1-2H3,(H,25,26,27). The van der Waals surface area contributed by atoms with Gasteiger partial charge in [0.15, 0.2) is 5.82 Å². The van der Waals surface area contributed by atoms with Crippen LogP contribution in [0.4, 0.5) is 11.6 Å². The minimum atomic E-state index is 0.745. The Morgan fingerprint density at radius 3 is 2.31 bits per heavy atom. The predicted molar refractivity (Wildman–Crippen MR) is 120 cm³/mol. The summed E-state index contributed by atoms with van der Waals surface area (Å²) in [7, 11) is 0. The summed E-state index contributed by atoms with van der Waals surface area (Å²) in [5.41, 5.74) is 3.56. The fraction of sp³-hybridized carbons (Fsp3) is 0.333. The molecule has 1 aliphatic heterocycles. The number of likely N-dealkylation sites (N-methyl/N-ethyl adjacent to an activating group) is 1. The predicted octanol–water partition coefficient (Wildman–Crippen LogP) is 4.21. The molecule has 0 unspecified atom stereocenters. The maximum absolute atomic E-state index is 4.90. The summed E-state index contributed by atoms with van der Waals surface area (Å²) < 4.78 is 0. The summed E-state index contributed by atoms with van der Waals surface area (Å²) in [6, 6.07) is 20.9. The SMILES string of the molecule is CCN1CCN(c2cc(NCc3ccc(C)cc3)nc(-c3ccccc3)n2)CC1. The topological polar surface area (TPSA) is 44.3 Å². The molecule has 4 rings (SSSR count). The molecule has 2 heterocycles. The van der Waals surface area contributed by atoms with Crippen molar-refractivity contribution in [3.05, 3.63) is 71.8 Å². The van der Waals surface area contributed by atoms with Crippen LogP contribution >= 0.6 is 0 Å². The zero-order valence-corrected chi connectivity index (χ0v) is 17.3. The van der Waals surface area contributed by atoms with Gasteiger partial charge in [-0.15, -0.1) is 0 Å². The molecule has 2 aromatic carbocycles. The van der Waals surface area contributed by atoms with E-state index in [0.717, 1.165) is 62.3 Å². The quantitative estimate of drug-likeness (QED) is 0.687. The molecule has 1 fully saturated rings. The van der Waals surface area contributed by atoms with Crippen molar-refractivity contribution < 1.29 is 0 Å². The number of aromatic nitrogens is 2. The zero-order valence-electron chi connectivity index (χ0n) is 17.3. The van der Waals surface area contributed by atoms with Crippen molar-refractivity contribution in [2.24, 2.45) is 0 Å². The molecular formula is C24H29N5. The van der Waals surface area contributed by atoms with Gasteiger partial charge in [-0.1, -0.05) is 67.1 Å². The number of anilines is 2. The van der Waals surface area contributed by atoms with Crippen molar-refractivity contribution in [2.45, 2.75) is 20.4 Å². The van der Waals surface area contributed by atoms with Gasteiger partial charge >= 0.3 is 0 Å². The minimum absolute atomic E-state index is 0.745. The normalized spacial score (nSPS) is 14.8. The molecule has 1 N–H and O–H groups in total. The van der Waals surface area contributed by atoms with Crippen LogP contribution in [0.5, 0.6) is 0 Å². The van der Waals surface area contributed by atoms with Gasteiger partial charge in [-0.25, -0.2) is 9.97 Å². The van der Waals surface area contributed by atoms with Gasteiger partial charge in [-0.2, -0.15) is 0 Å². The molecule has 0 aliphatic carbocycles. The molecule has 0 spiro atoms. The third-order valence-corrected chi connectivity index (χ3v) is 5.48. The van der Waals surface area contributed by atoms with Gasteiger partial charge in [-0.3, -0.25) is 0 Å². The van der Waals surface area contributed by atoms with Crippen LogP contribution in [-0.4, -0.2) is 47.6 Å². The van der Waals surface area contributed by atoms with E-state index in [4.69, 9.17) is 9.97 Å². The molecule has 1 saturated heterocycles. The first-order valence-electron chi connectivity index (χ1n) is 10.4. The lowest BCUT2D eigenvalue weighted by Gasteiger charge is -2.35. The van der Waals surface area contributed by atoms with Gasteiger partial charge in [0.25, 0.3) is 0 Å². The van der Waals surface area contributed by atoms with Crippen molar-refractivity contribution in [1.29, 1.82) is 0 Å². The van der Waals surface area contributed by atoms with Crippen LogP contribution < -0.4 is 10.2 Å². The van der Waals surface area contributed by atoms with E-state index in [1.807, 2.05) is 18.2 Å². The highest BCUT2D eigenvalue weighted by molar-refractivity contribution is 5.62. The summed E-state index contributed by atoms with van der Waals surface area (Å²) in [5.74, 6) is 2.64. The van der Waals surface area contributed by atoms with Crippen molar-refractivity contribution in [3.8, 4) is 11.4 Å². The Kier molecular flexibility index (Phi) is 6.06. The molecule has 1 aliphatic rings. The monoisotopic (exact) mass is 387 g/mol. The summed E-state index contributed by atoms with van der Waals surface area (Å²) in [6.45, 7) is 10.3. The molecule has 0 atom stereocenters. The van der Waals surface area contributed by atoms with Gasteiger partial charge in [0.1, 0.15) is 11.6 Å². The number of nitrogens with zero attached hydrogens (tertiary/aromatic N) is 4. The van der Waals surface area contributed by atoms with Crippen molar-refractivity contribution in [3.63, 3.8) is 0 Å². The van der Waals surface area contributed by atoms with Crippen LogP contribution in [0.15, 0.2) is 60.7 Å². The van der Waals surface area contributed by atoms with E-state index >= 15 is 0 Å². The number of rotatable bonds is 6. The molecular weight excluding hydrogens is 358 g/mol. The first-order chi connectivity index (χ1) is 14.2. The lowest BCUT2D eigenvalue weighted by molar-refractivity contribution is 0.270. The van der Waals surface area contributed by atoms with Gasteiger partial charge in [0.2, 0.25) is 0 Å². The molecule has 0 amide bonds. The van der Waals surface area contributed by atoms with E-state index in [1.54, 1.807) is 0 Å². The summed E-state index contributed by atoms with van der Waals surface area (Å²) in [4.78, 5) is 14.6. The number of aryl methyl sites for hydroxylation is 1. The Balaban J connectivity index is 1.58. The van der Waals surface area contributed by atoms with Crippen LogP contribution in [0, 0.1) is 6.92 Å². The highest BCUT2D eigenvalue weighted by Gasteiger charge is 2.18. The van der Waals surface area contributed by atoms with Crippen LogP contribution in [0.2, 0.25) is 0 Å². The first-order valence-corrected chi connectivity index (χ1v) is 10.4. The Labute approximate surface area is 173 Å². The van der Waals surface area contributed by atoms with Crippen LogP contribution in [-0.2, 0) is 6.54 Å². The number of hydrogen-bond donors (Lipinski definition) is 1. The summed E-state index contributed by atoms with van der Waals surface area (Å²) in [5, 5.41) is 3.50. The molecule has 0 bridgehead atoms. The fourth-order valence-electron chi connectivity index (χ4n) is 3.60. The summed E-state index contributed by atoms with van der Waals surface area (Å²) in [6.07, 6.45) is 0. The average Bonchev–Trinajstić information content (AvgIpc) is 2.79. The largest absolute Gasteiger partial charge is 0.366 e. The van der Waals surface area contributed by atoms with Crippen LogP contribution in [0.1, 0.15) is 18.1 Å². The highest BCUT2D eigenvalue weighted by atomic mass is 15.3. The first kappa shape index (κ1) is 19.4. The molecule has 5 heteroatoms. The minimum Gasteiger partial charge on any atom is -0.366 e. The number of piperazine rings is 1. The zero-order chi connectivity index (χ0) is 20.1. The maximum atomic E-state index is 4.90. The molecule has 0 saturated carbocycles. The molecule has 5 nitrogen and oxygen atoms in total. The Morgan fingerprint density at radius 2 is 1.62 bits per heavy atom. The average molecular weight is 388 g/mol. The summed E-state index contributed by atoms with van der Waals surface area (Å²) >= 11 is 0. The van der Waals surface area contributed by atoms with Crippen molar-refractivity contribution >= 4 is 11.6 Å². The van der Waals surface area contributed by atoms with E-state index in [2.05, 4.69) is 71.4 Å². The number of hydrogen-bond acceptors (Lipinski definition) is 5. The second kappa shape index (κ2) is 9.05. The Bertz CT molecular complexity index is 916. The van der Waals surface area contributed by atoms with Crippen LogP contribution in [0.25, 0.3) is 11.4 Å². The maximum Gasteiger partial charge on any atom is 0.163 e. The smallest absolute Gasteiger partial charge is 0.163 e. The Hall–Kier alpha value is -2.92. The number of benzene rings is 2. The molecule has 150 valence electrons. The third kappa shape index (κ3) is 4.93. The molecule has 3 aromatic rings. The van der Waals surface area contributed by atoms with E-state index in [9.17, 15) is 0 Å². The van der Waals surface area contributed by atoms with E-state index < -0.39 is 0 Å². The van der Waals surface area contributed by atoms with Gasteiger partial charge < -0.3 is 15.1 Å². The van der Waals surface area contributed by atoms with Crippen molar-refractivity contribution in [1.82, 2.24) is 14.9 Å². The van der Waals surface area contributed by atoms with E-state index in [-0.39, 0.29) is 0 Å². The Morgan fingerprint density at radius 1 is 0.897 bits per heavy atom. The third-order valence-electron chi connectivity index (χ3n) is 5.48. The fourth-order valence-corrected chi connectivity index (χ4v) is 3.60. The molecule has 1 aromatic heterocycles. The lowest BCUT2D eigenvalue weighted by Crippen LogP contribution is -2.46. The van der Waals surface area contributed by atoms with Crippen LogP contribution in [0.3, 0.4) is 0 Å². The van der Waals surface area contributed by atoms with Gasteiger partial charge in [0, 0.05) is 44.4 Å². The molecule has 0 radical (unpaired) electrons. The van der Waals surface area contributed by atoms with Gasteiger partial charge in [0.05, 0.1) is 0 Å². The lowest BCUT2D eigenvalue weighted by atomic mass is 10.1. The highest BCUT2D eigenvalue weighted by Crippen LogP contribution is 2.24. The second-order valence-electron chi connectivity index (χ2n) is 7.56. The van der Waals surface area contributed by atoms with Crippen molar-refractivity contribution in [2.75, 3.05) is 42.9 Å². The second-order valence-corrected chi connectivity index (χ2v) is 7.56. The van der Waals surface area contributed by atoms with Gasteiger partial charge in [-0.05, 0) is 19.0 Å². The van der Waals surface area contributed by atoms with E-state index in [1.165, 1.54) is 11.1 Å². The number of nitrogens with one attached hydrogen (secondary N) is 1.